The average Bonchev–Trinajstić information content (AvgIpc) is 2.89. The van der Waals surface area contributed by atoms with Gasteiger partial charge in [0.1, 0.15) is 0 Å². The number of aliphatic hydroxyl groups excluding tert-OH is 1. The van der Waals surface area contributed by atoms with E-state index in [2.05, 4.69) is 54.5 Å². The summed E-state index contributed by atoms with van der Waals surface area (Å²) in [6.07, 6.45) is 10.8. The number of carbonyl (C=O) groups is 2. The van der Waals surface area contributed by atoms with Crippen LogP contribution in [0.1, 0.15) is 106 Å². The fraction of sp³-hybridized carbons (Fsp3) is 0.882. The van der Waals surface area contributed by atoms with Crippen molar-refractivity contribution in [2.24, 2.45) is 50.2 Å². The molecular weight excluding hydrogens is 486 g/mol. The van der Waals surface area contributed by atoms with Crippen molar-refractivity contribution in [1.29, 1.82) is 0 Å². The second-order valence-corrected chi connectivity index (χ2v) is 16.5. The zero-order valence-corrected chi connectivity index (χ0v) is 25.7. The molecule has 6 aliphatic rings. The third kappa shape index (κ3) is 3.63. The van der Waals surface area contributed by atoms with E-state index in [9.17, 15) is 14.7 Å². The molecule has 39 heavy (non-hydrogen) atoms. The van der Waals surface area contributed by atoms with Crippen LogP contribution < -0.4 is 0 Å². The largest absolute Gasteiger partial charge is 0.393 e. The lowest BCUT2D eigenvalue weighted by atomic mass is 9.33. The summed E-state index contributed by atoms with van der Waals surface area (Å²) in [4.78, 5) is 30.4. The maximum absolute atomic E-state index is 14.5. The summed E-state index contributed by atoms with van der Waals surface area (Å²) in [5.74, 6) is 1.26. The Labute approximate surface area is 236 Å². The number of amides is 1. The van der Waals surface area contributed by atoms with Crippen LogP contribution in [-0.4, -0.2) is 54.1 Å². The fourth-order valence-corrected chi connectivity index (χ4v) is 11.5. The monoisotopic (exact) mass is 539 g/mol. The van der Waals surface area contributed by atoms with E-state index < -0.39 is 0 Å². The van der Waals surface area contributed by atoms with E-state index in [1.54, 1.807) is 0 Å². The summed E-state index contributed by atoms with van der Waals surface area (Å²) in [5, 5.41) is 11.0. The van der Waals surface area contributed by atoms with Crippen LogP contribution in [0, 0.1) is 50.2 Å². The summed E-state index contributed by atoms with van der Waals surface area (Å²) >= 11 is 0. The highest BCUT2D eigenvalue weighted by Crippen LogP contribution is 2.75. The third-order valence-electron chi connectivity index (χ3n) is 14.4. The average molecular weight is 540 g/mol. The summed E-state index contributed by atoms with van der Waals surface area (Å²) in [6, 6.07) is 0. The van der Waals surface area contributed by atoms with Gasteiger partial charge in [0, 0.05) is 24.4 Å². The molecule has 1 heterocycles. The van der Waals surface area contributed by atoms with E-state index in [-0.39, 0.29) is 50.4 Å². The Bertz CT molecular complexity index is 1090. The van der Waals surface area contributed by atoms with Gasteiger partial charge >= 0.3 is 0 Å². The minimum Gasteiger partial charge on any atom is -0.393 e. The molecule has 1 amide bonds. The molecule has 5 aliphatic carbocycles. The molecule has 6 rings (SSSR count). The Morgan fingerprint density at radius 2 is 1.59 bits per heavy atom. The fourth-order valence-electron chi connectivity index (χ4n) is 11.5. The highest BCUT2D eigenvalue weighted by Gasteiger charge is 2.70. The number of ketones is 1. The second-order valence-electron chi connectivity index (χ2n) is 16.5. The lowest BCUT2D eigenvalue weighted by Crippen LogP contribution is -2.66. The Morgan fingerprint density at radius 3 is 2.28 bits per heavy atom. The molecule has 1 aliphatic heterocycles. The maximum atomic E-state index is 14.5. The number of hydrogen-bond donors (Lipinski definition) is 1. The van der Waals surface area contributed by atoms with Crippen molar-refractivity contribution in [3.63, 3.8) is 0 Å². The van der Waals surface area contributed by atoms with Gasteiger partial charge in [-0.15, -0.1) is 0 Å². The molecule has 9 atom stereocenters. The first kappa shape index (κ1) is 27.9. The van der Waals surface area contributed by atoms with Gasteiger partial charge in [0.15, 0.2) is 5.78 Å². The van der Waals surface area contributed by atoms with Crippen LogP contribution >= 0.6 is 0 Å². The lowest BCUT2D eigenvalue weighted by Gasteiger charge is -2.70. The van der Waals surface area contributed by atoms with E-state index in [1.807, 2.05) is 4.90 Å². The first-order valence-electron chi connectivity index (χ1n) is 15.9. The molecule has 4 saturated carbocycles. The van der Waals surface area contributed by atoms with Crippen LogP contribution in [0.25, 0.3) is 0 Å². The topological polar surface area (TPSA) is 66.8 Å². The van der Waals surface area contributed by atoms with Crippen molar-refractivity contribution in [2.45, 2.75) is 112 Å². The lowest BCUT2D eigenvalue weighted by molar-refractivity contribution is -0.202. The molecule has 1 saturated heterocycles. The molecule has 0 unspecified atom stereocenters. The number of carbonyl (C=O) groups excluding carboxylic acids is 2. The van der Waals surface area contributed by atoms with Crippen LogP contribution in [0.2, 0.25) is 0 Å². The van der Waals surface area contributed by atoms with Gasteiger partial charge < -0.3 is 14.7 Å². The molecular formula is C34H53NO4. The number of nitrogens with zero attached hydrogens (tertiary/aromatic N) is 1. The number of ether oxygens (including phenoxy) is 1. The van der Waals surface area contributed by atoms with Crippen molar-refractivity contribution >= 4 is 11.7 Å². The number of aliphatic hydroxyl groups is 1. The van der Waals surface area contributed by atoms with Gasteiger partial charge in [0.25, 0.3) is 0 Å². The molecule has 0 aromatic carbocycles. The highest BCUT2D eigenvalue weighted by molar-refractivity contribution is 5.95. The Balaban J connectivity index is 1.39. The van der Waals surface area contributed by atoms with Crippen LogP contribution in [0.3, 0.4) is 0 Å². The Morgan fingerprint density at radius 1 is 0.923 bits per heavy atom. The van der Waals surface area contributed by atoms with E-state index in [1.165, 1.54) is 12.0 Å². The first-order chi connectivity index (χ1) is 18.1. The SMILES string of the molecule is CC1(C)[C@@H](O)CC[C@@]2(C)[C@H]3C(=O)C=C4[C@@H]5C[C@@](C)(C(=O)N6CCOCC6)CC[C@]5(C)CC[C@@]4(C)[C@@]3(C)CC[C@@H]12. The van der Waals surface area contributed by atoms with Crippen LogP contribution in [0.5, 0.6) is 0 Å². The Kier molecular flexibility index (Phi) is 6.20. The van der Waals surface area contributed by atoms with E-state index >= 15 is 0 Å². The minimum atomic E-state index is -0.380. The number of hydrogen-bond acceptors (Lipinski definition) is 4. The molecule has 5 nitrogen and oxygen atoms in total. The van der Waals surface area contributed by atoms with Gasteiger partial charge in [0.05, 0.1) is 19.3 Å². The zero-order chi connectivity index (χ0) is 28.2. The van der Waals surface area contributed by atoms with Crippen molar-refractivity contribution in [2.75, 3.05) is 26.3 Å². The van der Waals surface area contributed by atoms with Crippen molar-refractivity contribution in [1.82, 2.24) is 4.90 Å². The van der Waals surface area contributed by atoms with Gasteiger partial charge in [-0.3, -0.25) is 9.59 Å². The molecule has 0 radical (unpaired) electrons. The van der Waals surface area contributed by atoms with Gasteiger partial charge in [-0.25, -0.2) is 0 Å². The second kappa shape index (κ2) is 8.66. The van der Waals surface area contributed by atoms with E-state index in [4.69, 9.17) is 4.74 Å². The molecule has 1 N–H and O–H groups in total. The van der Waals surface area contributed by atoms with E-state index in [0.29, 0.717) is 43.9 Å². The molecule has 0 spiro atoms. The summed E-state index contributed by atoms with van der Waals surface area (Å²) < 4.78 is 5.54. The number of allylic oxidation sites excluding steroid dienone is 2. The normalized spacial score (nSPS) is 51.1. The van der Waals surface area contributed by atoms with Crippen LogP contribution in [-0.2, 0) is 14.3 Å². The standard InChI is InChI=1S/C34H53NO4/c1-29(2)25-8-11-34(7)27(32(25,5)10-9-26(29)37)24(36)20-22-23-21-31(4,28(38)35-16-18-39-19-17-35)13-12-30(23,3)14-15-33(22,34)6/h20,23,25-27,37H,8-19,21H2,1-7H3/t23-,25-,26-,27+,30+,31-,32+,33+,34-/m0/s1. The predicted octanol–water partition coefficient (Wildman–Crippen LogP) is 6.19. The quantitative estimate of drug-likeness (QED) is 0.432. The maximum Gasteiger partial charge on any atom is 0.228 e. The highest BCUT2D eigenvalue weighted by atomic mass is 16.5. The molecule has 5 heteroatoms. The zero-order valence-electron chi connectivity index (χ0n) is 25.7. The number of rotatable bonds is 1. The molecule has 0 aromatic rings. The van der Waals surface area contributed by atoms with Gasteiger partial charge in [0.2, 0.25) is 5.91 Å². The van der Waals surface area contributed by atoms with Gasteiger partial charge in [-0.05, 0) is 103 Å². The van der Waals surface area contributed by atoms with Crippen LogP contribution in [0.4, 0.5) is 0 Å². The van der Waals surface area contributed by atoms with Crippen molar-refractivity contribution < 1.29 is 19.4 Å². The molecule has 5 fully saturated rings. The Hall–Kier alpha value is -1.20. The third-order valence-corrected chi connectivity index (χ3v) is 14.4. The summed E-state index contributed by atoms with van der Waals surface area (Å²) in [7, 11) is 0. The summed E-state index contributed by atoms with van der Waals surface area (Å²) in [5.41, 5.74) is 0.747. The number of morpholine rings is 1. The van der Waals surface area contributed by atoms with Gasteiger partial charge in [-0.1, -0.05) is 54.0 Å². The smallest absolute Gasteiger partial charge is 0.228 e. The predicted molar refractivity (Wildman–Crippen MR) is 153 cm³/mol. The van der Waals surface area contributed by atoms with Crippen molar-refractivity contribution in [3.8, 4) is 0 Å². The van der Waals surface area contributed by atoms with Gasteiger partial charge in [-0.2, -0.15) is 0 Å². The molecule has 0 aromatic heterocycles. The summed E-state index contributed by atoms with van der Waals surface area (Å²) in [6.45, 7) is 19.1. The first-order valence-corrected chi connectivity index (χ1v) is 15.9. The molecule has 218 valence electrons. The van der Waals surface area contributed by atoms with Crippen molar-refractivity contribution in [3.05, 3.63) is 11.6 Å². The number of fused-ring (bicyclic) bond motifs is 7. The molecule has 0 bridgehead atoms. The minimum absolute atomic E-state index is 0.00131. The van der Waals surface area contributed by atoms with Crippen LogP contribution in [0.15, 0.2) is 11.6 Å². The van der Waals surface area contributed by atoms with E-state index in [0.717, 1.165) is 51.4 Å².